The highest BCUT2D eigenvalue weighted by molar-refractivity contribution is 4.95. The van der Waals surface area contributed by atoms with Crippen LogP contribution in [0.25, 0.3) is 0 Å². The quantitative estimate of drug-likeness (QED) is 0.852. The zero-order chi connectivity index (χ0) is 14.1. The first-order valence-corrected chi connectivity index (χ1v) is 7.65. The van der Waals surface area contributed by atoms with E-state index in [1.165, 1.54) is 0 Å². The van der Waals surface area contributed by atoms with E-state index in [1.807, 2.05) is 0 Å². The molecule has 2 fully saturated rings. The first-order valence-electron chi connectivity index (χ1n) is 7.65. The fourth-order valence-corrected chi connectivity index (χ4v) is 3.67. The van der Waals surface area contributed by atoms with Gasteiger partial charge in [0.2, 0.25) is 0 Å². The lowest BCUT2D eigenvalue weighted by atomic mass is 9.79. The van der Waals surface area contributed by atoms with Crippen molar-refractivity contribution in [1.29, 1.82) is 0 Å². The number of piperidine rings is 1. The van der Waals surface area contributed by atoms with Crippen molar-refractivity contribution in [2.75, 3.05) is 26.3 Å². The van der Waals surface area contributed by atoms with Crippen LogP contribution in [0.2, 0.25) is 0 Å². The van der Waals surface area contributed by atoms with Crippen LogP contribution < -0.4 is 5.73 Å². The number of likely N-dealkylation sites (tertiary alicyclic amines) is 1. The molecule has 2 rings (SSSR count). The van der Waals surface area contributed by atoms with Gasteiger partial charge in [-0.05, 0) is 24.8 Å². The summed E-state index contributed by atoms with van der Waals surface area (Å²) in [4.78, 5) is 2.50. The fraction of sp³-hybridized carbons (Fsp3) is 1.00. The van der Waals surface area contributed by atoms with Gasteiger partial charge in [-0.1, -0.05) is 27.7 Å². The Kier molecular flexibility index (Phi) is 4.56. The van der Waals surface area contributed by atoms with Crippen LogP contribution >= 0.6 is 0 Å². The van der Waals surface area contributed by atoms with Crippen molar-refractivity contribution in [2.24, 2.45) is 11.1 Å². The highest BCUT2D eigenvalue weighted by Crippen LogP contribution is 2.35. The normalized spacial score (nSPS) is 27.6. The molecule has 19 heavy (non-hydrogen) atoms. The van der Waals surface area contributed by atoms with Crippen LogP contribution in [0, 0.1) is 5.41 Å². The Morgan fingerprint density at radius 3 is 2.42 bits per heavy atom. The predicted octanol–water partition coefficient (Wildman–Crippen LogP) is 1.98. The van der Waals surface area contributed by atoms with Crippen molar-refractivity contribution in [1.82, 2.24) is 4.90 Å². The van der Waals surface area contributed by atoms with Crippen LogP contribution in [0.15, 0.2) is 0 Å². The van der Waals surface area contributed by atoms with Crippen molar-refractivity contribution < 1.29 is 9.47 Å². The molecule has 0 aliphatic carbocycles. The smallest absolute Gasteiger partial charge is 0.181 e. The SMILES string of the molecule is CCC(N)C(N1CCCC2(C1)OCCO2)C(C)(C)C. The Labute approximate surface area is 117 Å². The minimum Gasteiger partial charge on any atom is -0.346 e. The lowest BCUT2D eigenvalue weighted by Crippen LogP contribution is -2.60. The average molecular weight is 270 g/mol. The Morgan fingerprint density at radius 1 is 1.26 bits per heavy atom. The third-order valence-corrected chi connectivity index (χ3v) is 4.42. The molecular weight excluding hydrogens is 240 g/mol. The van der Waals surface area contributed by atoms with Crippen LogP contribution in [0.4, 0.5) is 0 Å². The summed E-state index contributed by atoms with van der Waals surface area (Å²) in [5, 5.41) is 0. The third kappa shape index (κ3) is 3.30. The molecule has 0 aromatic carbocycles. The monoisotopic (exact) mass is 270 g/mol. The minimum absolute atomic E-state index is 0.173. The van der Waals surface area contributed by atoms with Crippen molar-refractivity contribution in [3.8, 4) is 0 Å². The number of ether oxygens (including phenoxy) is 2. The predicted molar refractivity (Wildman–Crippen MR) is 77.0 cm³/mol. The molecule has 2 heterocycles. The van der Waals surface area contributed by atoms with E-state index < -0.39 is 0 Å². The van der Waals surface area contributed by atoms with Gasteiger partial charge < -0.3 is 15.2 Å². The van der Waals surface area contributed by atoms with Crippen LogP contribution in [0.5, 0.6) is 0 Å². The topological polar surface area (TPSA) is 47.7 Å². The van der Waals surface area contributed by atoms with Gasteiger partial charge in [-0.2, -0.15) is 0 Å². The number of nitrogens with two attached hydrogens (primary N) is 1. The molecule has 0 saturated carbocycles. The summed E-state index contributed by atoms with van der Waals surface area (Å²) in [6.45, 7) is 12.4. The lowest BCUT2D eigenvalue weighted by molar-refractivity contribution is -0.198. The van der Waals surface area contributed by atoms with Crippen molar-refractivity contribution in [2.45, 2.75) is 64.8 Å². The van der Waals surface area contributed by atoms with Gasteiger partial charge in [-0.15, -0.1) is 0 Å². The van der Waals surface area contributed by atoms with Crippen molar-refractivity contribution in [3.05, 3.63) is 0 Å². The highest BCUT2D eigenvalue weighted by atomic mass is 16.7. The number of nitrogens with zero attached hydrogens (tertiary/aromatic N) is 1. The second-order valence-electron chi connectivity index (χ2n) is 7.06. The zero-order valence-corrected chi connectivity index (χ0v) is 12.9. The molecule has 0 radical (unpaired) electrons. The van der Waals surface area contributed by atoms with Gasteiger partial charge in [0.05, 0.1) is 19.8 Å². The molecule has 2 N–H and O–H groups in total. The van der Waals surface area contributed by atoms with Gasteiger partial charge in [-0.3, -0.25) is 4.90 Å². The van der Waals surface area contributed by atoms with E-state index in [-0.39, 0.29) is 17.2 Å². The van der Waals surface area contributed by atoms with E-state index in [1.54, 1.807) is 0 Å². The van der Waals surface area contributed by atoms with E-state index >= 15 is 0 Å². The summed E-state index contributed by atoms with van der Waals surface area (Å²) in [6.07, 6.45) is 3.15. The standard InChI is InChI=1S/C15H30N2O2/c1-5-12(16)13(14(2,3)4)17-8-6-7-15(11-17)18-9-10-19-15/h12-13H,5-11,16H2,1-4H3. The maximum Gasteiger partial charge on any atom is 0.181 e. The summed E-state index contributed by atoms with van der Waals surface area (Å²) >= 11 is 0. The summed E-state index contributed by atoms with van der Waals surface area (Å²) < 4.78 is 11.8. The summed E-state index contributed by atoms with van der Waals surface area (Å²) in [5.74, 6) is -0.352. The largest absolute Gasteiger partial charge is 0.346 e. The zero-order valence-electron chi connectivity index (χ0n) is 12.9. The average Bonchev–Trinajstić information content (AvgIpc) is 2.75. The molecule has 112 valence electrons. The molecule has 2 unspecified atom stereocenters. The van der Waals surface area contributed by atoms with E-state index in [9.17, 15) is 0 Å². The summed E-state index contributed by atoms with van der Waals surface area (Å²) in [5.41, 5.74) is 6.57. The lowest BCUT2D eigenvalue weighted by Gasteiger charge is -2.48. The first kappa shape index (κ1) is 15.2. The van der Waals surface area contributed by atoms with E-state index in [0.717, 1.165) is 45.6 Å². The Morgan fingerprint density at radius 2 is 1.89 bits per heavy atom. The van der Waals surface area contributed by atoms with Gasteiger partial charge in [0, 0.05) is 18.5 Å². The van der Waals surface area contributed by atoms with Crippen LogP contribution in [0.1, 0.15) is 47.0 Å². The molecule has 0 aromatic rings. The molecule has 0 bridgehead atoms. The summed E-state index contributed by atoms with van der Waals surface area (Å²) in [6, 6.07) is 0.582. The van der Waals surface area contributed by atoms with Crippen molar-refractivity contribution >= 4 is 0 Å². The van der Waals surface area contributed by atoms with Gasteiger partial charge >= 0.3 is 0 Å². The van der Waals surface area contributed by atoms with Gasteiger partial charge in [-0.25, -0.2) is 0 Å². The molecule has 1 spiro atoms. The van der Waals surface area contributed by atoms with E-state index in [0.29, 0.717) is 6.04 Å². The Hall–Kier alpha value is -0.160. The molecule has 0 amide bonds. The van der Waals surface area contributed by atoms with E-state index in [4.69, 9.17) is 15.2 Å². The molecular formula is C15H30N2O2. The highest BCUT2D eigenvalue weighted by Gasteiger charge is 2.45. The third-order valence-electron chi connectivity index (χ3n) is 4.42. The van der Waals surface area contributed by atoms with Crippen molar-refractivity contribution in [3.63, 3.8) is 0 Å². The molecule has 4 nitrogen and oxygen atoms in total. The molecule has 2 aliphatic heterocycles. The maximum atomic E-state index is 6.40. The van der Waals surface area contributed by atoms with Crippen LogP contribution in [0.3, 0.4) is 0 Å². The second kappa shape index (κ2) is 5.68. The fourth-order valence-electron chi connectivity index (χ4n) is 3.67. The number of rotatable bonds is 3. The minimum atomic E-state index is -0.352. The molecule has 0 aromatic heterocycles. The molecule has 2 saturated heterocycles. The van der Waals surface area contributed by atoms with Crippen LogP contribution in [-0.2, 0) is 9.47 Å². The molecule has 2 atom stereocenters. The first-order chi connectivity index (χ1) is 8.88. The Balaban J connectivity index is 2.12. The number of hydrogen-bond acceptors (Lipinski definition) is 4. The second-order valence-corrected chi connectivity index (χ2v) is 7.06. The van der Waals surface area contributed by atoms with Gasteiger partial charge in [0.25, 0.3) is 0 Å². The van der Waals surface area contributed by atoms with Crippen LogP contribution in [-0.4, -0.2) is 49.1 Å². The maximum absolute atomic E-state index is 6.40. The Bertz CT molecular complexity index is 295. The number of hydrogen-bond donors (Lipinski definition) is 1. The molecule has 2 aliphatic rings. The van der Waals surface area contributed by atoms with Gasteiger partial charge in [0.1, 0.15) is 0 Å². The van der Waals surface area contributed by atoms with Gasteiger partial charge in [0.15, 0.2) is 5.79 Å². The molecule has 4 heteroatoms. The summed E-state index contributed by atoms with van der Waals surface area (Å²) in [7, 11) is 0. The van der Waals surface area contributed by atoms with E-state index in [2.05, 4.69) is 32.6 Å².